The standard InChI is InChI=1S/C36H40ClN3O4S/c1-4-28-18-20-32(21-19-28)40(45(43,44)33-16-9-6-10-17-33)26-35(41)39(25-30-14-11-15-31(37)22-30)34(36(42)38-24-27(2)3)23-29-12-7-5-8-13-29/h5-22,27,34H,4,23-26H2,1-3H3,(H,38,42). The van der Waals surface area contributed by atoms with E-state index in [1.807, 2.05) is 69.3 Å². The van der Waals surface area contributed by atoms with Crippen molar-refractivity contribution in [3.8, 4) is 0 Å². The maximum Gasteiger partial charge on any atom is 0.264 e. The van der Waals surface area contributed by atoms with Gasteiger partial charge in [-0.1, -0.05) is 105 Å². The number of hydrogen-bond donors (Lipinski definition) is 1. The summed E-state index contributed by atoms with van der Waals surface area (Å²) in [5, 5.41) is 3.49. The Bertz CT molecular complexity index is 1660. The average Bonchev–Trinajstić information content (AvgIpc) is 3.05. The second-order valence-electron chi connectivity index (χ2n) is 11.3. The quantitative estimate of drug-likeness (QED) is 0.169. The number of hydrogen-bond acceptors (Lipinski definition) is 4. The van der Waals surface area contributed by atoms with Crippen molar-refractivity contribution in [3.05, 3.63) is 131 Å². The van der Waals surface area contributed by atoms with Gasteiger partial charge < -0.3 is 10.2 Å². The summed E-state index contributed by atoms with van der Waals surface area (Å²) in [6.45, 7) is 5.99. The first-order valence-corrected chi connectivity index (χ1v) is 16.9. The monoisotopic (exact) mass is 645 g/mol. The zero-order valence-corrected chi connectivity index (χ0v) is 27.5. The summed E-state index contributed by atoms with van der Waals surface area (Å²) >= 11 is 6.31. The van der Waals surface area contributed by atoms with Crippen molar-refractivity contribution >= 4 is 39.1 Å². The Hall–Kier alpha value is -4.14. The Labute approximate surface area is 271 Å². The molecule has 4 rings (SSSR count). The molecule has 0 aliphatic rings. The van der Waals surface area contributed by atoms with Crippen molar-refractivity contribution in [2.75, 3.05) is 17.4 Å². The molecule has 7 nitrogen and oxygen atoms in total. The number of carbonyl (C=O) groups excluding carboxylic acids is 2. The molecule has 0 aliphatic carbocycles. The molecule has 0 saturated heterocycles. The Balaban J connectivity index is 1.79. The normalized spacial score (nSPS) is 12.0. The number of carbonyl (C=O) groups is 2. The van der Waals surface area contributed by atoms with Crippen molar-refractivity contribution in [1.29, 1.82) is 0 Å². The van der Waals surface area contributed by atoms with Gasteiger partial charge in [0.1, 0.15) is 12.6 Å². The van der Waals surface area contributed by atoms with Crippen molar-refractivity contribution in [2.45, 2.75) is 51.1 Å². The summed E-state index contributed by atoms with van der Waals surface area (Å²) < 4.78 is 29.3. The number of sulfonamides is 1. The fourth-order valence-electron chi connectivity index (χ4n) is 4.95. The first-order valence-electron chi connectivity index (χ1n) is 15.1. The lowest BCUT2D eigenvalue weighted by Crippen LogP contribution is -2.53. The van der Waals surface area contributed by atoms with Crippen LogP contribution in [0.25, 0.3) is 0 Å². The van der Waals surface area contributed by atoms with Crippen LogP contribution in [0.15, 0.2) is 114 Å². The smallest absolute Gasteiger partial charge is 0.264 e. The Morgan fingerprint density at radius 1 is 0.800 bits per heavy atom. The number of amides is 2. The zero-order valence-electron chi connectivity index (χ0n) is 25.9. The fourth-order valence-corrected chi connectivity index (χ4v) is 6.60. The van der Waals surface area contributed by atoms with Crippen LogP contribution in [-0.2, 0) is 39.0 Å². The molecule has 1 N–H and O–H groups in total. The van der Waals surface area contributed by atoms with Gasteiger partial charge in [-0.3, -0.25) is 13.9 Å². The van der Waals surface area contributed by atoms with Gasteiger partial charge in [-0.25, -0.2) is 8.42 Å². The lowest BCUT2D eigenvalue weighted by Gasteiger charge is -2.34. The van der Waals surface area contributed by atoms with Gasteiger partial charge in [0.05, 0.1) is 10.6 Å². The fraction of sp³-hybridized carbons (Fsp3) is 0.278. The third-order valence-electron chi connectivity index (χ3n) is 7.44. The average molecular weight is 646 g/mol. The maximum absolute atomic E-state index is 14.5. The molecule has 9 heteroatoms. The third kappa shape index (κ3) is 9.19. The first kappa shape index (κ1) is 33.7. The highest BCUT2D eigenvalue weighted by molar-refractivity contribution is 7.92. The van der Waals surface area contributed by atoms with E-state index in [-0.39, 0.29) is 29.7 Å². The molecule has 1 unspecified atom stereocenters. The predicted octanol–water partition coefficient (Wildman–Crippen LogP) is 6.51. The largest absolute Gasteiger partial charge is 0.354 e. The molecule has 2 amide bonds. The van der Waals surface area contributed by atoms with Gasteiger partial charge >= 0.3 is 0 Å². The molecule has 0 aromatic heterocycles. The lowest BCUT2D eigenvalue weighted by molar-refractivity contribution is -0.140. The molecule has 45 heavy (non-hydrogen) atoms. The Kier molecular flexibility index (Phi) is 11.8. The maximum atomic E-state index is 14.5. The van der Waals surface area contributed by atoms with E-state index in [0.29, 0.717) is 17.3 Å². The highest BCUT2D eigenvalue weighted by Gasteiger charge is 2.34. The number of rotatable bonds is 14. The number of nitrogens with zero attached hydrogens (tertiary/aromatic N) is 2. The van der Waals surface area contributed by atoms with Gasteiger partial charge in [0.2, 0.25) is 11.8 Å². The Morgan fingerprint density at radius 3 is 2.02 bits per heavy atom. The number of nitrogens with one attached hydrogen (secondary N) is 1. The summed E-state index contributed by atoms with van der Waals surface area (Å²) in [4.78, 5) is 29.9. The molecule has 0 fully saturated rings. The van der Waals surface area contributed by atoms with Gasteiger partial charge in [-0.15, -0.1) is 0 Å². The van der Waals surface area contributed by atoms with E-state index in [1.165, 1.54) is 17.0 Å². The van der Waals surface area contributed by atoms with Crippen LogP contribution in [0.3, 0.4) is 0 Å². The summed E-state index contributed by atoms with van der Waals surface area (Å²) in [6, 6.07) is 30.8. The number of benzene rings is 4. The molecule has 0 saturated carbocycles. The van der Waals surface area contributed by atoms with E-state index in [9.17, 15) is 18.0 Å². The molecule has 0 bridgehead atoms. The summed E-state index contributed by atoms with van der Waals surface area (Å²) in [5.74, 6) is -0.636. The highest BCUT2D eigenvalue weighted by atomic mass is 35.5. The van der Waals surface area contributed by atoms with Crippen molar-refractivity contribution in [3.63, 3.8) is 0 Å². The third-order valence-corrected chi connectivity index (χ3v) is 9.46. The van der Waals surface area contributed by atoms with E-state index in [0.717, 1.165) is 27.4 Å². The molecule has 0 radical (unpaired) electrons. The van der Waals surface area contributed by atoms with Crippen LogP contribution >= 0.6 is 11.6 Å². The van der Waals surface area contributed by atoms with E-state index in [1.54, 1.807) is 48.5 Å². The van der Waals surface area contributed by atoms with E-state index >= 15 is 0 Å². The number of halogens is 1. The summed E-state index contributed by atoms with van der Waals surface area (Å²) in [5.41, 5.74) is 2.98. The van der Waals surface area contributed by atoms with Crippen molar-refractivity contribution < 1.29 is 18.0 Å². The van der Waals surface area contributed by atoms with Crippen LogP contribution in [0, 0.1) is 5.92 Å². The first-order chi connectivity index (χ1) is 21.6. The van der Waals surface area contributed by atoms with Crippen LogP contribution in [0.2, 0.25) is 5.02 Å². The van der Waals surface area contributed by atoms with Crippen LogP contribution in [0.1, 0.15) is 37.5 Å². The van der Waals surface area contributed by atoms with Gasteiger partial charge in [0.25, 0.3) is 10.0 Å². The summed E-state index contributed by atoms with van der Waals surface area (Å²) in [6.07, 6.45) is 1.03. The van der Waals surface area contributed by atoms with Gasteiger partial charge in [0.15, 0.2) is 0 Å². The molecule has 0 aliphatic heterocycles. The Morgan fingerprint density at radius 2 is 1.42 bits per heavy atom. The van der Waals surface area contributed by atoms with Gasteiger partial charge in [-0.05, 0) is 65.4 Å². The van der Waals surface area contributed by atoms with Crippen molar-refractivity contribution in [2.24, 2.45) is 5.92 Å². The minimum Gasteiger partial charge on any atom is -0.354 e. The predicted molar refractivity (Wildman–Crippen MR) is 181 cm³/mol. The highest BCUT2D eigenvalue weighted by Crippen LogP contribution is 2.26. The molecule has 0 spiro atoms. The minimum atomic E-state index is -4.14. The van der Waals surface area contributed by atoms with Crippen LogP contribution in [0.4, 0.5) is 5.69 Å². The van der Waals surface area contributed by atoms with E-state index in [4.69, 9.17) is 11.6 Å². The SMILES string of the molecule is CCc1ccc(N(CC(=O)N(Cc2cccc(Cl)c2)C(Cc2ccccc2)C(=O)NCC(C)C)S(=O)(=O)c2ccccc2)cc1. The number of aryl methyl sites for hydroxylation is 1. The van der Waals surface area contributed by atoms with Gasteiger partial charge in [-0.2, -0.15) is 0 Å². The second-order valence-corrected chi connectivity index (χ2v) is 13.6. The zero-order chi connectivity index (χ0) is 32.4. The molecular weight excluding hydrogens is 606 g/mol. The summed E-state index contributed by atoms with van der Waals surface area (Å²) in [7, 11) is -4.14. The van der Waals surface area contributed by atoms with Gasteiger partial charge in [0, 0.05) is 24.5 Å². The molecule has 236 valence electrons. The second kappa shape index (κ2) is 15.7. The molecule has 1 atom stereocenters. The van der Waals surface area contributed by atoms with Crippen molar-refractivity contribution in [1.82, 2.24) is 10.2 Å². The van der Waals surface area contributed by atoms with E-state index < -0.39 is 28.5 Å². The van der Waals surface area contributed by atoms with Crippen LogP contribution < -0.4 is 9.62 Å². The minimum absolute atomic E-state index is 0.0555. The lowest BCUT2D eigenvalue weighted by atomic mass is 10.0. The molecule has 0 heterocycles. The molecular formula is C36H40ClN3O4S. The van der Waals surface area contributed by atoms with Crippen LogP contribution in [-0.4, -0.2) is 44.3 Å². The molecule has 4 aromatic rings. The van der Waals surface area contributed by atoms with Crippen LogP contribution in [0.5, 0.6) is 0 Å². The molecule has 4 aromatic carbocycles. The topological polar surface area (TPSA) is 86.8 Å². The van der Waals surface area contributed by atoms with E-state index in [2.05, 4.69) is 5.32 Å². The number of anilines is 1.